The Morgan fingerprint density at radius 3 is 2.48 bits per heavy atom. The van der Waals surface area contributed by atoms with Crippen LogP contribution in [0.2, 0.25) is 0 Å². The molecule has 1 fully saturated rings. The third kappa shape index (κ3) is 7.47. The number of nitrogens with zero attached hydrogens (tertiary/aromatic N) is 3. The van der Waals surface area contributed by atoms with Gasteiger partial charge in [0.15, 0.2) is 5.96 Å². The van der Waals surface area contributed by atoms with Crippen LogP contribution in [0.4, 0.5) is 0 Å². The number of guanidine groups is 1. The molecule has 1 aromatic heterocycles. The second kappa shape index (κ2) is 11.5. The highest BCUT2D eigenvalue weighted by Crippen LogP contribution is 2.17. The van der Waals surface area contributed by atoms with E-state index in [1.54, 1.807) is 22.6 Å². The molecule has 0 aliphatic carbocycles. The molecule has 0 aromatic carbocycles. The van der Waals surface area contributed by atoms with Crippen LogP contribution in [0.15, 0.2) is 4.99 Å². The van der Waals surface area contributed by atoms with Crippen molar-refractivity contribution in [1.82, 2.24) is 19.9 Å². The van der Waals surface area contributed by atoms with Gasteiger partial charge in [0.05, 0.1) is 16.5 Å². The van der Waals surface area contributed by atoms with E-state index in [-0.39, 0.29) is 35.8 Å². The molecule has 10 heteroatoms. The van der Waals surface area contributed by atoms with E-state index < -0.39 is 10.0 Å². The molecule has 0 radical (unpaired) electrons. The molecule has 0 unspecified atom stereocenters. The Balaban J connectivity index is 0.00000364. The van der Waals surface area contributed by atoms with Crippen LogP contribution in [-0.4, -0.2) is 61.6 Å². The van der Waals surface area contributed by atoms with Crippen LogP contribution in [0, 0.1) is 13.8 Å². The molecule has 0 bridgehead atoms. The molecular weight excluding hydrogens is 497 g/mol. The van der Waals surface area contributed by atoms with Crippen molar-refractivity contribution in [3.8, 4) is 0 Å². The number of thiazole rings is 1. The summed E-state index contributed by atoms with van der Waals surface area (Å²) < 4.78 is 25.5. The summed E-state index contributed by atoms with van der Waals surface area (Å²) in [6.07, 6.45) is 2.49. The quantitative estimate of drug-likeness (QED) is 0.322. The number of halogens is 1. The minimum Gasteiger partial charge on any atom is -0.357 e. The number of nitrogens with one attached hydrogen (secondary N) is 2. The van der Waals surface area contributed by atoms with E-state index in [1.165, 1.54) is 4.88 Å². The molecule has 1 saturated heterocycles. The van der Waals surface area contributed by atoms with Crippen LogP contribution in [0.1, 0.15) is 42.3 Å². The van der Waals surface area contributed by atoms with Crippen LogP contribution < -0.4 is 10.6 Å². The van der Waals surface area contributed by atoms with Crippen molar-refractivity contribution in [3.05, 3.63) is 15.6 Å². The Kier molecular flexibility index (Phi) is 10.5. The fraction of sp³-hybridized carbons (Fsp3) is 0.765. The van der Waals surface area contributed by atoms with Gasteiger partial charge in [-0.2, -0.15) is 0 Å². The van der Waals surface area contributed by atoms with Crippen molar-refractivity contribution in [2.45, 2.75) is 53.0 Å². The van der Waals surface area contributed by atoms with Crippen molar-refractivity contribution in [2.75, 3.05) is 31.9 Å². The maximum atomic E-state index is 12.0. The molecule has 7 nitrogen and oxygen atoms in total. The molecule has 0 spiro atoms. The van der Waals surface area contributed by atoms with Gasteiger partial charge in [0.2, 0.25) is 10.0 Å². The van der Waals surface area contributed by atoms with E-state index in [0.29, 0.717) is 19.6 Å². The highest BCUT2D eigenvalue weighted by atomic mass is 127. The van der Waals surface area contributed by atoms with Crippen molar-refractivity contribution in [1.29, 1.82) is 0 Å². The van der Waals surface area contributed by atoms with Crippen molar-refractivity contribution in [3.63, 3.8) is 0 Å². The molecule has 0 saturated carbocycles. The fourth-order valence-electron chi connectivity index (χ4n) is 3.05. The largest absolute Gasteiger partial charge is 0.357 e. The SMILES string of the molecule is CCNC(=NCCc1sc(C)nc1C)NC1CCN(S(=O)(=O)CC)CC1.I. The molecule has 1 aromatic rings. The standard InChI is InChI=1S/C17H31N5O2S2.HI/c1-5-18-17(19-10-7-16-13(3)20-14(4)25-16)21-15-8-11-22(12-9-15)26(23,24)6-2;/h15H,5-12H2,1-4H3,(H2,18,19,21);1H. The number of sulfonamides is 1. The molecular formula is C17H32IN5O2S2. The Bertz CT molecular complexity index is 713. The van der Waals surface area contributed by atoms with Gasteiger partial charge in [-0.25, -0.2) is 17.7 Å². The predicted octanol–water partition coefficient (Wildman–Crippen LogP) is 2.29. The van der Waals surface area contributed by atoms with Crippen LogP contribution in [0.5, 0.6) is 0 Å². The van der Waals surface area contributed by atoms with Gasteiger partial charge in [-0.15, -0.1) is 35.3 Å². The van der Waals surface area contributed by atoms with Crippen LogP contribution in [-0.2, 0) is 16.4 Å². The number of rotatable bonds is 7. The van der Waals surface area contributed by atoms with Gasteiger partial charge < -0.3 is 10.6 Å². The van der Waals surface area contributed by atoms with Gasteiger partial charge in [0.25, 0.3) is 0 Å². The summed E-state index contributed by atoms with van der Waals surface area (Å²) in [4.78, 5) is 10.4. The third-order valence-corrected chi connectivity index (χ3v) is 7.52. The molecule has 1 aliphatic heterocycles. The molecule has 1 aliphatic rings. The first kappa shape index (κ1) is 24.6. The number of aliphatic imine (C=N–C) groups is 1. The van der Waals surface area contributed by atoms with Crippen LogP contribution in [0.25, 0.3) is 0 Å². The van der Waals surface area contributed by atoms with Crippen molar-refractivity contribution < 1.29 is 8.42 Å². The zero-order valence-electron chi connectivity index (χ0n) is 16.6. The topological polar surface area (TPSA) is 86.7 Å². The smallest absolute Gasteiger partial charge is 0.213 e. The minimum absolute atomic E-state index is 0. The minimum atomic E-state index is -3.08. The molecule has 27 heavy (non-hydrogen) atoms. The monoisotopic (exact) mass is 529 g/mol. The third-order valence-electron chi connectivity index (χ3n) is 4.51. The number of hydrogen-bond donors (Lipinski definition) is 2. The van der Waals surface area contributed by atoms with Gasteiger partial charge >= 0.3 is 0 Å². The second-order valence-electron chi connectivity index (χ2n) is 6.47. The average Bonchev–Trinajstić information content (AvgIpc) is 2.93. The Morgan fingerprint density at radius 1 is 1.30 bits per heavy atom. The molecule has 0 amide bonds. The molecule has 2 heterocycles. The summed E-state index contributed by atoms with van der Waals surface area (Å²) in [5, 5.41) is 7.84. The molecule has 156 valence electrons. The summed E-state index contributed by atoms with van der Waals surface area (Å²) in [6, 6.07) is 0.253. The fourth-order valence-corrected chi connectivity index (χ4v) is 5.11. The highest BCUT2D eigenvalue weighted by molar-refractivity contribution is 14.0. The van der Waals surface area contributed by atoms with Gasteiger partial charge in [0.1, 0.15) is 0 Å². The van der Waals surface area contributed by atoms with Crippen LogP contribution >= 0.6 is 35.3 Å². The van der Waals surface area contributed by atoms with Gasteiger partial charge in [-0.05, 0) is 40.5 Å². The number of piperidine rings is 1. The number of aromatic nitrogens is 1. The van der Waals surface area contributed by atoms with E-state index in [2.05, 4.69) is 20.6 Å². The molecule has 2 N–H and O–H groups in total. The normalized spacial score (nSPS) is 16.8. The molecule has 2 rings (SSSR count). The summed E-state index contributed by atoms with van der Waals surface area (Å²) >= 11 is 1.74. The summed E-state index contributed by atoms with van der Waals surface area (Å²) in [7, 11) is -3.08. The van der Waals surface area contributed by atoms with E-state index >= 15 is 0 Å². The van der Waals surface area contributed by atoms with Gasteiger partial charge in [-0.3, -0.25) is 4.99 Å². The zero-order chi connectivity index (χ0) is 19.2. The Hall–Kier alpha value is -0.460. The first-order valence-electron chi connectivity index (χ1n) is 9.31. The number of hydrogen-bond acceptors (Lipinski definition) is 5. The zero-order valence-corrected chi connectivity index (χ0v) is 20.6. The van der Waals surface area contributed by atoms with E-state index in [0.717, 1.165) is 42.5 Å². The predicted molar refractivity (Wildman–Crippen MR) is 124 cm³/mol. The molecule has 0 atom stereocenters. The number of aryl methyl sites for hydroxylation is 2. The summed E-state index contributed by atoms with van der Waals surface area (Å²) in [5.74, 6) is 0.981. The van der Waals surface area contributed by atoms with E-state index in [9.17, 15) is 8.42 Å². The lowest BCUT2D eigenvalue weighted by Gasteiger charge is -2.32. The van der Waals surface area contributed by atoms with Gasteiger partial charge in [0, 0.05) is 43.5 Å². The average molecular weight is 530 g/mol. The first-order chi connectivity index (χ1) is 12.4. The van der Waals surface area contributed by atoms with Crippen molar-refractivity contribution >= 4 is 51.3 Å². The van der Waals surface area contributed by atoms with E-state index in [4.69, 9.17) is 0 Å². The van der Waals surface area contributed by atoms with Gasteiger partial charge in [-0.1, -0.05) is 0 Å². The van der Waals surface area contributed by atoms with E-state index in [1.807, 2.05) is 20.8 Å². The lowest BCUT2D eigenvalue weighted by Crippen LogP contribution is -2.50. The Morgan fingerprint density at radius 2 is 1.96 bits per heavy atom. The van der Waals surface area contributed by atoms with Crippen molar-refractivity contribution in [2.24, 2.45) is 4.99 Å². The van der Waals surface area contributed by atoms with Crippen LogP contribution in [0.3, 0.4) is 0 Å². The lowest BCUT2D eigenvalue weighted by atomic mass is 10.1. The second-order valence-corrected chi connectivity index (χ2v) is 10.0. The maximum absolute atomic E-state index is 12.0. The lowest BCUT2D eigenvalue weighted by molar-refractivity contribution is 0.306. The maximum Gasteiger partial charge on any atom is 0.213 e. The summed E-state index contributed by atoms with van der Waals surface area (Å²) in [5.41, 5.74) is 1.10. The highest BCUT2D eigenvalue weighted by Gasteiger charge is 2.26. The first-order valence-corrected chi connectivity index (χ1v) is 11.7. The summed E-state index contributed by atoms with van der Waals surface area (Å²) in [6.45, 7) is 10.5. The Labute approximate surface area is 184 Å².